The first-order valence-corrected chi connectivity index (χ1v) is 6.53. The van der Waals surface area contributed by atoms with Crippen molar-refractivity contribution in [2.45, 2.75) is 32.6 Å². The maximum atomic E-state index is 6.16. The van der Waals surface area contributed by atoms with Crippen molar-refractivity contribution >= 4 is 11.6 Å². The van der Waals surface area contributed by atoms with Crippen LogP contribution in [0.3, 0.4) is 0 Å². The van der Waals surface area contributed by atoms with Gasteiger partial charge in [-0.1, -0.05) is 31.5 Å². The van der Waals surface area contributed by atoms with Crippen molar-refractivity contribution in [2.24, 2.45) is 5.92 Å². The number of halogens is 1. The quantitative estimate of drug-likeness (QED) is 0.847. The van der Waals surface area contributed by atoms with Gasteiger partial charge in [0.05, 0.1) is 0 Å². The lowest BCUT2D eigenvalue weighted by atomic mass is 9.94. The normalized spacial score (nSPS) is 20.6. The van der Waals surface area contributed by atoms with Crippen LogP contribution in [0.2, 0.25) is 5.02 Å². The molecular formula is C14H20ClN. The fourth-order valence-corrected chi connectivity index (χ4v) is 2.61. The summed E-state index contributed by atoms with van der Waals surface area (Å²) in [5, 5.41) is 4.29. The van der Waals surface area contributed by atoms with Crippen molar-refractivity contribution < 1.29 is 0 Å². The van der Waals surface area contributed by atoms with E-state index in [0.717, 1.165) is 23.9 Å². The van der Waals surface area contributed by atoms with Crippen LogP contribution in [-0.2, 0) is 6.42 Å². The Kier molecular flexibility index (Phi) is 3.88. The highest BCUT2D eigenvalue weighted by Gasteiger charge is 2.15. The van der Waals surface area contributed by atoms with E-state index in [9.17, 15) is 0 Å². The summed E-state index contributed by atoms with van der Waals surface area (Å²) in [7, 11) is 0. The Morgan fingerprint density at radius 2 is 2.19 bits per heavy atom. The molecule has 0 radical (unpaired) electrons. The Morgan fingerprint density at radius 3 is 2.81 bits per heavy atom. The Labute approximate surface area is 103 Å². The van der Waals surface area contributed by atoms with Crippen molar-refractivity contribution in [1.29, 1.82) is 0 Å². The molecule has 1 atom stereocenters. The molecule has 0 bridgehead atoms. The summed E-state index contributed by atoms with van der Waals surface area (Å²) in [4.78, 5) is 0. The van der Waals surface area contributed by atoms with Gasteiger partial charge in [-0.05, 0) is 61.0 Å². The zero-order chi connectivity index (χ0) is 11.5. The number of benzene rings is 1. The molecule has 1 saturated heterocycles. The van der Waals surface area contributed by atoms with Gasteiger partial charge < -0.3 is 5.32 Å². The monoisotopic (exact) mass is 237 g/mol. The second-order valence-electron chi connectivity index (χ2n) is 5.11. The molecule has 88 valence electrons. The standard InChI is InChI=1S/C14H20ClN/c1-10(2)13-6-12(7-14(15)8-13)5-11-3-4-16-9-11/h6-8,10-11,16H,3-5,9H2,1-2H3. The number of hydrogen-bond acceptors (Lipinski definition) is 1. The second kappa shape index (κ2) is 5.20. The zero-order valence-corrected chi connectivity index (χ0v) is 10.8. The average Bonchev–Trinajstić information content (AvgIpc) is 2.69. The predicted octanol–water partition coefficient (Wildman–Crippen LogP) is 3.62. The van der Waals surface area contributed by atoms with Crippen molar-refractivity contribution in [3.63, 3.8) is 0 Å². The second-order valence-corrected chi connectivity index (χ2v) is 5.55. The number of nitrogens with one attached hydrogen (secondary N) is 1. The van der Waals surface area contributed by atoms with Gasteiger partial charge in [-0.2, -0.15) is 0 Å². The van der Waals surface area contributed by atoms with E-state index in [0.29, 0.717) is 5.92 Å². The summed E-state index contributed by atoms with van der Waals surface area (Å²) in [6.45, 7) is 6.75. The van der Waals surface area contributed by atoms with Crippen LogP contribution in [0, 0.1) is 5.92 Å². The van der Waals surface area contributed by atoms with Crippen LogP contribution in [0.25, 0.3) is 0 Å². The van der Waals surface area contributed by atoms with Gasteiger partial charge in [-0.3, -0.25) is 0 Å². The van der Waals surface area contributed by atoms with Crippen LogP contribution in [-0.4, -0.2) is 13.1 Å². The molecule has 2 heteroatoms. The Morgan fingerprint density at radius 1 is 1.38 bits per heavy atom. The van der Waals surface area contributed by atoms with Crippen LogP contribution in [0.1, 0.15) is 37.3 Å². The first kappa shape index (κ1) is 11.9. The van der Waals surface area contributed by atoms with Crippen molar-refractivity contribution in [2.75, 3.05) is 13.1 Å². The summed E-state index contributed by atoms with van der Waals surface area (Å²) in [5.41, 5.74) is 2.75. The van der Waals surface area contributed by atoms with Crippen LogP contribution in [0.5, 0.6) is 0 Å². The minimum Gasteiger partial charge on any atom is -0.316 e. The SMILES string of the molecule is CC(C)c1cc(Cl)cc(CC2CCNC2)c1. The summed E-state index contributed by atoms with van der Waals surface area (Å²) in [5.74, 6) is 1.35. The van der Waals surface area contributed by atoms with E-state index in [1.807, 2.05) is 0 Å². The third-order valence-electron chi connectivity index (χ3n) is 3.33. The van der Waals surface area contributed by atoms with Gasteiger partial charge in [-0.15, -0.1) is 0 Å². The largest absolute Gasteiger partial charge is 0.316 e. The molecule has 1 aliphatic rings. The number of rotatable bonds is 3. The molecule has 0 spiro atoms. The van der Waals surface area contributed by atoms with Gasteiger partial charge in [-0.25, -0.2) is 0 Å². The van der Waals surface area contributed by atoms with E-state index >= 15 is 0 Å². The third kappa shape index (κ3) is 2.99. The van der Waals surface area contributed by atoms with E-state index in [-0.39, 0.29) is 0 Å². The van der Waals surface area contributed by atoms with Crippen molar-refractivity contribution in [1.82, 2.24) is 5.32 Å². The van der Waals surface area contributed by atoms with E-state index in [1.165, 1.54) is 24.1 Å². The topological polar surface area (TPSA) is 12.0 Å². The highest BCUT2D eigenvalue weighted by molar-refractivity contribution is 6.30. The fourth-order valence-electron chi connectivity index (χ4n) is 2.35. The molecule has 0 saturated carbocycles. The first-order chi connectivity index (χ1) is 7.65. The van der Waals surface area contributed by atoms with Gasteiger partial charge in [0.25, 0.3) is 0 Å². The lowest BCUT2D eigenvalue weighted by Crippen LogP contribution is -2.10. The van der Waals surface area contributed by atoms with Crippen molar-refractivity contribution in [3.8, 4) is 0 Å². The lowest BCUT2D eigenvalue weighted by molar-refractivity contribution is 0.579. The fraction of sp³-hybridized carbons (Fsp3) is 0.571. The molecule has 1 aliphatic heterocycles. The maximum Gasteiger partial charge on any atom is 0.0411 e. The molecule has 1 unspecified atom stereocenters. The number of hydrogen-bond donors (Lipinski definition) is 1. The molecule has 1 fully saturated rings. The Hall–Kier alpha value is -0.530. The third-order valence-corrected chi connectivity index (χ3v) is 3.55. The summed E-state index contributed by atoms with van der Waals surface area (Å²) in [6, 6.07) is 6.52. The smallest absolute Gasteiger partial charge is 0.0411 e. The van der Waals surface area contributed by atoms with Gasteiger partial charge in [0.2, 0.25) is 0 Å². The molecule has 1 aromatic rings. The van der Waals surface area contributed by atoms with Gasteiger partial charge in [0.1, 0.15) is 0 Å². The van der Waals surface area contributed by atoms with Crippen LogP contribution in [0.15, 0.2) is 18.2 Å². The summed E-state index contributed by atoms with van der Waals surface area (Å²) >= 11 is 6.16. The lowest BCUT2D eigenvalue weighted by Gasteiger charge is -2.12. The first-order valence-electron chi connectivity index (χ1n) is 6.15. The van der Waals surface area contributed by atoms with E-state index < -0.39 is 0 Å². The molecule has 2 rings (SSSR count). The molecule has 1 N–H and O–H groups in total. The Bertz CT molecular complexity index is 354. The molecule has 0 aliphatic carbocycles. The van der Waals surface area contributed by atoms with Gasteiger partial charge in [0, 0.05) is 5.02 Å². The predicted molar refractivity (Wildman–Crippen MR) is 70.2 cm³/mol. The van der Waals surface area contributed by atoms with Gasteiger partial charge in [0.15, 0.2) is 0 Å². The van der Waals surface area contributed by atoms with Gasteiger partial charge >= 0.3 is 0 Å². The molecule has 1 nitrogen and oxygen atoms in total. The summed E-state index contributed by atoms with van der Waals surface area (Å²) in [6.07, 6.45) is 2.46. The molecule has 0 amide bonds. The average molecular weight is 238 g/mol. The molecule has 1 heterocycles. The molecule has 16 heavy (non-hydrogen) atoms. The van der Waals surface area contributed by atoms with E-state index in [1.54, 1.807) is 0 Å². The van der Waals surface area contributed by atoms with Crippen LogP contribution < -0.4 is 5.32 Å². The Balaban J connectivity index is 2.13. The highest BCUT2D eigenvalue weighted by Crippen LogP contribution is 2.24. The minimum absolute atomic E-state index is 0.555. The maximum absolute atomic E-state index is 6.16. The van der Waals surface area contributed by atoms with Crippen molar-refractivity contribution in [3.05, 3.63) is 34.3 Å². The highest BCUT2D eigenvalue weighted by atomic mass is 35.5. The van der Waals surface area contributed by atoms with Crippen LogP contribution >= 0.6 is 11.6 Å². The zero-order valence-electron chi connectivity index (χ0n) is 10.1. The van der Waals surface area contributed by atoms with Crippen LogP contribution in [0.4, 0.5) is 0 Å². The molecule has 0 aromatic heterocycles. The molecular weight excluding hydrogens is 218 g/mol. The molecule has 1 aromatic carbocycles. The minimum atomic E-state index is 0.555. The van der Waals surface area contributed by atoms with E-state index in [2.05, 4.69) is 37.4 Å². The summed E-state index contributed by atoms with van der Waals surface area (Å²) < 4.78 is 0. The van der Waals surface area contributed by atoms with E-state index in [4.69, 9.17) is 11.6 Å².